The highest BCUT2D eigenvalue weighted by molar-refractivity contribution is 5.76. The van der Waals surface area contributed by atoms with Crippen molar-refractivity contribution in [3.8, 4) is 0 Å². The Hall–Kier alpha value is -3.91. The molecule has 0 radical (unpaired) electrons. The third-order valence-corrected chi connectivity index (χ3v) is 18.6. The summed E-state index contributed by atoms with van der Waals surface area (Å²) in [6.45, 7) is 4.65. The quantitative estimate of drug-likeness (QED) is 0.0206. The van der Waals surface area contributed by atoms with Crippen LogP contribution in [0.25, 0.3) is 0 Å². The molecule has 12 unspecified atom stereocenters. The maximum atomic E-state index is 13.5. The first-order valence-electron chi connectivity index (χ1n) is 34.4. The zero-order valence-electron chi connectivity index (χ0n) is 57.6. The van der Waals surface area contributed by atoms with Crippen molar-refractivity contribution >= 4 is 29.5 Å². The molecule has 30 atom stereocenters. The first-order chi connectivity index (χ1) is 47.1. The van der Waals surface area contributed by atoms with E-state index in [2.05, 4.69) is 45.7 Å². The van der Waals surface area contributed by atoms with Crippen molar-refractivity contribution in [3.05, 3.63) is 12.2 Å². The van der Waals surface area contributed by atoms with Crippen LogP contribution in [0.15, 0.2) is 12.2 Å². The van der Waals surface area contributed by atoms with Crippen LogP contribution in [0.3, 0.4) is 0 Å². The Kier molecular flexibility index (Phi) is 34.3. The summed E-state index contributed by atoms with van der Waals surface area (Å²) in [7, 11) is 1.24. The summed E-state index contributed by atoms with van der Waals surface area (Å²) in [5.41, 5.74) is 0. The highest BCUT2D eigenvalue weighted by Crippen LogP contribution is 2.40. The molecule has 6 aliphatic rings. The molecule has 0 spiro atoms. The third kappa shape index (κ3) is 22.6. The van der Waals surface area contributed by atoms with Crippen molar-refractivity contribution in [3.63, 3.8) is 0 Å². The Bertz CT molecular complexity index is 2500. The van der Waals surface area contributed by atoms with Crippen LogP contribution < -0.4 is 26.6 Å². The maximum Gasteiger partial charge on any atom is 0.220 e. The number of carbonyl (C=O) groups is 5. The number of rotatable bonds is 36. The molecule has 0 saturated carbocycles. The highest BCUT2D eigenvalue weighted by Gasteiger charge is 2.61. The minimum atomic E-state index is -2.40. The fourth-order valence-corrected chi connectivity index (χ4v) is 13.4. The zero-order chi connectivity index (χ0) is 73.0. The van der Waals surface area contributed by atoms with E-state index in [9.17, 15) is 90.4 Å². The molecule has 6 heterocycles. The van der Waals surface area contributed by atoms with Gasteiger partial charge >= 0.3 is 0 Å². The number of unbranched alkanes of at least 4 members (excludes halogenated alkanes) is 11. The number of aliphatic hydroxyl groups is 13. The van der Waals surface area contributed by atoms with Crippen LogP contribution in [0, 0.1) is 0 Å². The number of hydrogen-bond acceptors (Lipinski definition) is 30. The van der Waals surface area contributed by atoms with Crippen molar-refractivity contribution < 1.29 is 147 Å². The minimum absolute atomic E-state index is 0.0157. The predicted molar refractivity (Wildman–Crippen MR) is 339 cm³/mol. The van der Waals surface area contributed by atoms with Gasteiger partial charge in [-0.1, -0.05) is 70.4 Å². The monoisotopic (exact) mass is 1430 g/mol. The van der Waals surface area contributed by atoms with E-state index in [0.29, 0.717) is 6.42 Å². The Balaban J connectivity index is 1.16. The molecule has 35 heteroatoms. The molecular weight excluding hydrogens is 1320 g/mol. The summed E-state index contributed by atoms with van der Waals surface area (Å²) >= 11 is 0. The standard InChI is InChI=1S/C64H111N5O30/c1-9-10-11-12-13-14-15-16-17-18-19-20-21-22-23-24-40(78)69-42-47(81)46(80)35(25-70)91-60(42)94-54-36(26-71)92-61(43(49(54)83)66-32(4)75)95-55-37(27-72)93-62(44(50(55)84)67-33(5)76)96-56-38(28-73)98-64(7,58(52(56)86)68-34(6)77)99-57-48(82)41(65-31(3)74)59(87)97-63(57)89-29-39-53(88-8)51(85)45(79)30(2)90-39/h14-15,30,35-39,41-63,70-73,79-87H,9-13,16-29H2,1-8H3,(H,65,74)(H,66,75)(H,67,76)(H,68,77)(H,69,78)/b15-14-/t30?,35?,36?,37?,38?,39-,41-,42-,43-,44-,45+,46+,47?,48?,49?,50?,51?,52?,53-,54+,55+,56+,57-,58-,59+,60-,61-,62-,63?,64-/m0/s1. The number of aliphatic hydroxyl groups excluding tert-OH is 13. The molecule has 6 saturated heterocycles. The molecule has 0 aromatic heterocycles. The Morgan fingerprint density at radius 1 is 0.444 bits per heavy atom. The van der Waals surface area contributed by atoms with E-state index in [1.54, 1.807) is 0 Å². The van der Waals surface area contributed by atoms with Gasteiger partial charge in [-0.05, 0) is 46.0 Å². The third-order valence-electron chi connectivity index (χ3n) is 18.6. The number of hydrogen-bond donors (Lipinski definition) is 18. The molecule has 572 valence electrons. The van der Waals surface area contributed by atoms with E-state index in [-0.39, 0.29) is 6.42 Å². The van der Waals surface area contributed by atoms with Gasteiger partial charge in [-0.15, -0.1) is 0 Å². The largest absolute Gasteiger partial charge is 0.394 e. The van der Waals surface area contributed by atoms with Crippen LogP contribution in [0.5, 0.6) is 0 Å². The van der Waals surface area contributed by atoms with Crippen LogP contribution in [0.4, 0.5) is 0 Å². The number of methoxy groups -OCH3 is 1. The second-order valence-electron chi connectivity index (χ2n) is 26.4. The predicted octanol–water partition coefficient (Wildman–Crippen LogP) is -5.29. The average molecular weight is 1430 g/mol. The molecule has 5 amide bonds. The smallest absolute Gasteiger partial charge is 0.220 e. The van der Waals surface area contributed by atoms with Crippen molar-refractivity contribution in [2.24, 2.45) is 0 Å². The summed E-state index contributed by atoms with van der Waals surface area (Å²) in [4.78, 5) is 64.8. The van der Waals surface area contributed by atoms with Gasteiger partial charge < -0.3 is 150 Å². The van der Waals surface area contributed by atoms with Gasteiger partial charge in [0.2, 0.25) is 29.5 Å². The normalized spacial score (nSPS) is 40.4. The molecule has 6 rings (SSSR count). The SMILES string of the molecule is CCCCCC/C=C\CCCCCCCCCC(=O)N[C@H]1C(O)[C@H](O)C(CO)O[C@H]1O[C@@H]1C(CO)O[C@@H](O[C@@H]2C(CO)O[C@@H](O[C@@H]3C(CO)O[C@@](C)(O[C@@H]4C(OC[C@@H]5OC(C)[C@@H](O)C(O)[C@H]5OC)O[C@@H](O)[C@@H](NC(C)=O)C4O)[C@@H](NC(C)=O)C3O)[C@@H](NC(C)=O)C2O)[C@@H](NC(C)=O)C1O. The van der Waals surface area contributed by atoms with Crippen molar-refractivity contribution in [2.75, 3.05) is 40.1 Å². The molecule has 35 nitrogen and oxygen atoms in total. The first-order valence-corrected chi connectivity index (χ1v) is 34.4. The fourth-order valence-electron chi connectivity index (χ4n) is 13.4. The summed E-state index contributed by atoms with van der Waals surface area (Å²) in [5, 5.41) is 159. The number of ether oxygens (including phenoxy) is 12. The van der Waals surface area contributed by atoms with E-state index in [1.165, 1.54) is 46.6 Å². The first kappa shape index (κ1) is 84.0. The molecule has 0 aromatic rings. The van der Waals surface area contributed by atoms with Crippen LogP contribution in [-0.2, 0) is 80.8 Å². The molecule has 99 heavy (non-hydrogen) atoms. The van der Waals surface area contributed by atoms with Crippen LogP contribution in [0.2, 0.25) is 0 Å². The summed E-state index contributed by atoms with van der Waals surface area (Å²) < 4.78 is 72.6. The highest BCUT2D eigenvalue weighted by atomic mass is 16.8. The van der Waals surface area contributed by atoms with Crippen molar-refractivity contribution in [2.45, 2.75) is 322 Å². The number of allylic oxidation sites excluding steroid dienone is 2. The van der Waals surface area contributed by atoms with Crippen molar-refractivity contribution in [1.29, 1.82) is 0 Å². The van der Waals surface area contributed by atoms with Gasteiger partial charge in [0, 0.05) is 41.2 Å². The van der Waals surface area contributed by atoms with Gasteiger partial charge in [0.1, 0.15) is 140 Å². The van der Waals surface area contributed by atoms with Gasteiger partial charge in [-0.3, -0.25) is 24.0 Å². The zero-order valence-corrected chi connectivity index (χ0v) is 57.6. The maximum absolute atomic E-state index is 13.5. The second kappa shape index (κ2) is 40.4. The Labute approximate surface area is 575 Å². The summed E-state index contributed by atoms with van der Waals surface area (Å²) in [6.07, 6.45) is -23.1. The van der Waals surface area contributed by atoms with Gasteiger partial charge in [-0.25, -0.2) is 0 Å². The lowest BCUT2D eigenvalue weighted by molar-refractivity contribution is -0.405. The molecule has 6 aliphatic heterocycles. The van der Waals surface area contributed by atoms with E-state index in [0.717, 1.165) is 79.1 Å². The van der Waals surface area contributed by atoms with E-state index in [1.807, 2.05) is 0 Å². The summed E-state index contributed by atoms with van der Waals surface area (Å²) in [5.74, 6) is -6.14. The number of carbonyl (C=O) groups excluding carboxylic acids is 5. The van der Waals surface area contributed by atoms with E-state index < -0.39 is 246 Å². The second-order valence-corrected chi connectivity index (χ2v) is 26.4. The van der Waals surface area contributed by atoms with Gasteiger partial charge in [0.05, 0.1) is 39.1 Å². The molecule has 6 fully saturated rings. The molecule has 18 N–H and O–H groups in total. The molecule has 0 aliphatic carbocycles. The number of nitrogens with one attached hydrogen (secondary N) is 5. The Morgan fingerprint density at radius 2 is 0.889 bits per heavy atom. The lowest BCUT2D eigenvalue weighted by atomic mass is 9.89. The van der Waals surface area contributed by atoms with Gasteiger partial charge in [0.25, 0.3) is 0 Å². The summed E-state index contributed by atoms with van der Waals surface area (Å²) in [6, 6.07) is -8.48. The van der Waals surface area contributed by atoms with Crippen LogP contribution in [-0.4, -0.2) is 319 Å². The molecule has 0 aromatic carbocycles. The average Bonchev–Trinajstić information content (AvgIpc) is 0.752. The van der Waals surface area contributed by atoms with E-state index >= 15 is 0 Å². The van der Waals surface area contributed by atoms with Crippen LogP contribution in [0.1, 0.15) is 138 Å². The molecule has 0 bridgehead atoms. The number of amides is 5. The Morgan fingerprint density at radius 3 is 1.37 bits per heavy atom. The van der Waals surface area contributed by atoms with Gasteiger partial charge in [0.15, 0.2) is 37.2 Å². The lowest BCUT2D eigenvalue weighted by Gasteiger charge is -2.54. The van der Waals surface area contributed by atoms with Crippen LogP contribution >= 0.6 is 0 Å². The molecular formula is C64H111N5O30. The topological polar surface area (TPSA) is 519 Å². The lowest BCUT2D eigenvalue weighted by Crippen LogP contribution is -2.74. The van der Waals surface area contributed by atoms with Crippen molar-refractivity contribution in [1.82, 2.24) is 26.6 Å². The van der Waals surface area contributed by atoms with Gasteiger partial charge in [-0.2, -0.15) is 0 Å². The minimum Gasteiger partial charge on any atom is -0.394 e. The fraction of sp³-hybridized carbons (Fsp3) is 0.891. The van der Waals surface area contributed by atoms with E-state index in [4.69, 9.17) is 56.8 Å².